The Morgan fingerprint density at radius 2 is 1.88 bits per heavy atom. The predicted octanol–water partition coefficient (Wildman–Crippen LogP) is 4.53. The van der Waals surface area contributed by atoms with E-state index in [0.717, 1.165) is 28.2 Å². The van der Waals surface area contributed by atoms with Gasteiger partial charge < -0.3 is 9.73 Å². The number of hydrogen-bond acceptors (Lipinski definition) is 3. The third kappa shape index (κ3) is 3.90. The van der Waals surface area contributed by atoms with Crippen LogP contribution >= 0.6 is 0 Å². The van der Waals surface area contributed by atoms with Gasteiger partial charge in [0.05, 0.1) is 0 Å². The first-order valence-corrected chi connectivity index (χ1v) is 7.99. The number of benzene rings is 1. The molecule has 0 saturated heterocycles. The topological polar surface area (TPSA) is 55.1 Å². The molecule has 4 heteroatoms. The molecule has 3 aromatic rings. The zero-order valence-corrected chi connectivity index (χ0v) is 13.9. The van der Waals surface area contributed by atoms with Crippen molar-refractivity contribution in [3.05, 3.63) is 71.8 Å². The largest absolute Gasteiger partial charge is 0.466 e. The zero-order chi connectivity index (χ0) is 16.9. The molecule has 0 atom stereocenters. The molecule has 0 aliphatic heterocycles. The van der Waals surface area contributed by atoms with Gasteiger partial charge in [0.15, 0.2) is 0 Å². The highest BCUT2D eigenvalue weighted by Gasteiger charge is 2.09. The molecule has 3 rings (SSSR count). The first-order valence-electron chi connectivity index (χ1n) is 7.99. The second kappa shape index (κ2) is 7.13. The Morgan fingerprint density at radius 3 is 2.54 bits per heavy atom. The number of anilines is 1. The van der Waals surface area contributed by atoms with Crippen LogP contribution in [0.4, 0.5) is 5.82 Å². The van der Waals surface area contributed by atoms with Crippen LogP contribution in [-0.2, 0) is 11.2 Å². The molecule has 0 saturated carbocycles. The van der Waals surface area contributed by atoms with E-state index in [1.165, 1.54) is 0 Å². The van der Waals surface area contributed by atoms with Gasteiger partial charge in [0.1, 0.15) is 17.3 Å². The zero-order valence-electron chi connectivity index (χ0n) is 13.9. The van der Waals surface area contributed by atoms with Crippen LogP contribution < -0.4 is 5.32 Å². The maximum atomic E-state index is 12.1. The number of aryl methyl sites for hydroxylation is 3. The maximum absolute atomic E-state index is 12.1. The summed E-state index contributed by atoms with van der Waals surface area (Å²) in [5.41, 5.74) is 3.09. The van der Waals surface area contributed by atoms with Crippen molar-refractivity contribution in [2.24, 2.45) is 0 Å². The molecular weight excluding hydrogens is 300 g/mol. The van der Waals surface area contributed by atoms with Gasteiger partial charge in [-0.05, 0) is 43.2 Å². The van der Waals surface area contributed by atoms with Crippen molar-refractivity contribution < 1.29 is 9.21 Å². The van der Waals surface area contributed by atoms with Gasteiger partial charge in [-0.2, -0.15) is 0 Å². The van der Waals surface area contributed by atoms with E-state index in [2.05, 4.69) is 10.3 Å². The Kier molecular flexibility index (Phi) is 4.75. The SMILES string of the molecule is Cc1ccc(CCC(=O)Nc2ncc(-c3ccccc3)cc2C)o1. The van der Waals surface area contributed by atoms with E-state index in [1.807, 2.05) is 62.4 Å². The fourth-order valence-electron chi connectivity index (χ4n) is 2.54. The average molecular weight is 320 g/mol. The number of aromatic nitrogens is 1. The van der Waals surface area contributed by atoms with Crippen molar-refractivity contribution in [1.29, 1.82) is 0 Å². The number of nitrogens with one attached hydrogen (secondary N) is 1. The first kappa shape index (κ1) is 16.0. The van der Waals surface area contributed by atoms with Gasteiger partial charge >= 0.3 is 0 Å². The number of hydrogen-bond donors (Lipinski definition) is 1. The minimum atomic E-state index is -0.0629. The summed E-state index contributed by atoms with van der Waals surface area (Å²) in [6.07, 6.45) is 2.74. The molecule has 24 heavy (non-hydrogen) atoms. The Morgan fingerprint density at radius 1 is 1.08 bits per heavy atom. The van der Waals surface area contributed by atoms with Crippen molar-refractivity contribution in [3.63, 3.8) is 0 Å². The molecule has 0 aliphatic rings. The van der Waals surface area contributed by atoms with Crippen LogP contribution in [0.5, 0.6) is 0 Å². The monoisotopic (exact) mass is 320 g/mol. The molecule has 1 amide bonds. The van der Waals surface area contributed by atoms with Gasteiger partial charge in [0, 0.05) is 24.6 Å². The summed E-state index contributed by atoms with van der Waals surface area (Å²) in [7, 11) is 0. The summed E-state index contributed by atoms with van der Waals surface area (Å²) in [5, 5.41) is 2.87. The Balaban J connectivity index is 1.63. The van der Waals surface area contributed by atoms with Crippen molar-refractivity contribution in [2.45, 2.75) is 26.7 Å². The molecule has 4 nitrogen and oxygen atoms in total. The number of pyridine rings is 1. The van der Waals surface area contributed by atoms with Crippen LogP contribution in [0.15, 0.2) is 59.1 Å². The van der Waals surface area contributed by atoms with Crippen LogP contribution in [0.3, 0.4) is 0 Å². The lowest BCUT2D eigenvalue weighted by Gasteiger charge is -2.09. The van der Waals surface area contributed by atoms with Crippen LogP contribution in [0.2, 0.25) is 0 Å². The summed E-state index contributed by atoms with van der Waals surface area (Å²) in [6, 6.07) is 15.9. The molecule has 0 spiro atoms. The average Bonchev–Trinajstić information content (AvgIpc) is 3.01. The maximum Gasteiger partial charge on any atom is 0.225 e. The highest BCUT2D eigenvalue weighted by molar-refractivity contribution is 5.90. The van der Waals surface area contributed by atoms with E-state index in [1.54, 1.807) is 6.20 Å². The molecule has 0 unspecified atom stereocenters. The minimum absolute atomic E-state index is 0.0629. The van der Waals surface area contributed by atoms with Gasteiger partial charge in [-0.1, -0.05) is 30.3 Å². The summed E-state index contributed by atoms with van der Waals surface area (Å²) in [5.74, 6) is 2.23. The van der Waals surface area contributed by atoms with Crippen LogP contribution in [0, 0.1) is 13.8 Å². The van der Waals surface area contributed by atoms with Gasteiger partial charge in [-0.15, -0.1) is 0 Å². The Labute approximate surface area is 141 Å². The van der Waals surface area contributed by atoms with Crippen LogP contribution in [-0.4, -0.2) is 10.9 Å². The lowest BCUT2D eigenvalue weighted by molar-refractivity contribution is -0.116. The van der Waals surface area contributed by atoms with E-state index in [-0.39, 0.29) is 5.91 Å². The lowest BCUT2D eigenvalue weighted by atomic mass is 10.1. The smallest absolute Gasteiger partial charge is 0.225 e. The molecule has 1 N–H and O–H groups in total. The summed E-state index contributed by atoms with van der Waals surface area (Å²) in [6.45, 7) is 3.84. The molecule has 2 heterocycles. The van der Waals surface area contributed by atoms with Crippen LogP contribution in [0.1, 0.15) is 23.5 Å². The number of carbonyl (C=O) groups is 1. The molecule has 0 bridgehead atoms. The van der Waals surface area contributed by atoms with E-state index in [0.29, 0.717) is 18.7 Å². The molecule has 0 aliphatic carbocycles. The highest BCUT2D eigenvalue weighted by Crippen LogP contribution is 2.22. The lowest BCUT2D eigenvalue weighted by Crippen LogP contribution is -2.14. The summed E-state index contributed by atoms with van der Waals surface area (Å²) < 4.78 is 5.48. The second-order valence-electron chi connectivity index (χ2n) is 5.82. The minimum Gasteiger partial charge on any atom is -0.466 e. The standard InChI is InChI=1S/C20H20N2O2/c1-14-12-17(16-6-4-3-5-7-16)13-21-20(14)22-19(23)11-10-18-9-8-15(2)24-18/h3-9,12-13H,10-11H2,1-2H3,(H,21,22,23). The molecule has 2 aromatic heterocycles. The molecule has 122 valence electrons. The number of amides is 1. The Bertz CT molecular complexity index is 838. The van der Waals surface area contributed by atoms with Crippen molar-refractivity contribution in [2.75, 3.05) is 5.32 Å². The third-order valence-electron chi connectivity index (χ3n) is 3.84. The molecule has 0 radical (unpaired) electrons. The number of nitrogens with zero attached hydrogens (tertiary/aromatic N) is 1. The summed E-state index contributed by atoms with van der Waals surface area (Å²) in [4.78, 5) is 16.5. The van der Waals surface area contributed by atoms with E-state index >= 15 is 0 Å². The molecule has 1 aromatic carbocycles. The fourth-order valence-corrected chi connectivity index (χ4v) is 2.54. The van der Waals surface area contributed by atoms with Gasteiger partial charge in [0.2, 0.25) is 5.91 Å². The van der Waals surface area contributed by atoms with Gasteiger partial charge in [-0.25, -0.2) is 4.98 Å². The van der Waals surface area contributed by atoms with Gasteiger partial charge in [-0.3, -0.25) is 4.79 Å². The number of furan rings is 1. The third-order valence-corrected chi connectivity index (χ3v) is 3.84. The molecular formula is C20H20N2O2. The Hall–Kier alpha value is -2.88. The normalized spacial score (nSPS) is 10.6. The van der Waals surface area contributed by atoms with Crippen molar-refractivity contribution >= 4 is 11.7 Å². The quantitative estimate of drug-likeness (QED) is 0.751. The predicted molar refractivity (Wildman–Crippen MR) is 94.8 cm³/mol. The van der Waals surface area contributed by atoms with E-state index in [9.17, 15) is 4.79 Å². The molecule has 0 fully saturated rings. The van der Waals surface area contributed by atoms with E-state index < -0.39 is 0 Å². The second-order valence-corrected chi connectivity index (χ2v) is 5.82. The van der Waals surface area contributed by atoms with Crippen LogP contribution in [0.25, 0.3) is 11.1 Å². The van der Waals surface area contributed by atoms with Crippen molar-refractivity contribution in [3.8, 4) is 11.1 Å². The summed E-state index contributed by atoms with van der Waals surface area (Å²) >= 11 is 0. The van der Waals surface area contributed by atoms with Gasteiger partial charge in [0.25, 0.3) is 0 Å². The number of rotatable bonds is 5. The fraction of sp³-hybridized carbons (Fsp3) is 0.200. The number of carbonyl (C=O) groups excluding carboxylic acids is 1. The highest BCUT2D eigenvalue weighted by atomic mass is 16.3. The van der Waals surface area contributed by atoms with Crippen molar-refractivity contribution in [1.82, 2.24) is 4.98 Å². The first-order chi connectivity index (χ1) is 11.6. The van der Waals surface area contributed by atoms with E-state index in [4.69, 9.17) is 4.42 Å².